The highest BCUT2D eigenvalue weighted by Gasteiger charge is 2.41. The first kappa shape index (κ1) is 11.8. The molecule has 0 aromatic heterocycles. The third kappa shape index (κ3) is 2.59. The third-order valence-corrected chi connectivity index (χ3v) is 2.17. The smallest absolute Gasteiger partial charge is 0.412 e. The van der Waals surface area contributed by atoms with E-state index in [1.165, 1.54) is 12.0 Å². The van der Waals surface area contributed by atoms with Gasteiger partial charge in [-0.25, -0.2) is 4.79 Å². The van der Waals surface area contributed by atoms with Crippen LogP contribution in [-0.2, 0) is 19.0 Å². The molecule has 1 rings (SSSR count). The molecule has 0 saturated carbocycles. The minimum absolute atomic E-state index is 0.0112. The standard InChI is InChI=1S/C9H15NO5/c1-4-14-8-6(5-7(11)13-3)15-9(12)10(8)2/h6,8H,4-5H2,1-3H3. The molecule has 6 heteroatoms. The van der Waals surface area contributed by atoms with E-state index in [1.54, 1.807) is 7.05 Å². The lowest BCUT2D eigenvalue weighted by Gasteiger charge is -2.20. The molecular weight excluding hydrogens is 202 g/mol. The maximum Gasteiger partial charge on any atom is 0.412 e. The van der Waals surface area contributed by atoms with Gasteiger partial charge in [0.05, 0.1) is 13.5 Å². The van der Waals surface area contributed by atoms with Crippen molar-refractivity contribution in [1.82, 2.24) is 4.90 Å². The summed E-state index contributed by atoms with van der Waals surface area (Å²) in [6.07, 6.45) is -1.57. The van der Waals surface area contributed by atoms with Crippen LogP contribution in [0.5, 0.6) is 0 Å². The van der Waals surface area contributed by atoms with E-state index in [0.717, 1.165) is 0 Å². The first-order valence-electron chi connectivity index (χ1n) is 4.72. The Kier molecular flexibility index (Phi) is 3.90. The van der Waals surface area contributed by atoms with Gasteiger partial charge in [-0.05, 0) is 6.92 Å². The van der Waals surface area contributed by atoms with Gasteiger partial charge < -0.3 is 14.2 Å². The quantitative estimate of drug-likeness (QED) is 0.636. The summed E-state index contributed by atoms with van der Waals surface area (Å²) in [5, 5.41) is 0. The summed E-state index contributed by atoms with van der Waals surface area (Å²) >= 11 is 0. The van der Waals surface area contributed by atoms with Gasteiger partial charge in [0.15, 0.2) is 12.3 Å². The minimum Gasteiger partial charge on any atom is -0.469 e. The Balaban J connectivity index is 2.62. The van der Waals surface area contributed by atoms with E-state index in [0.29, 0.717) is 6.61 Å². The molecule has 1 saturated heterocycles. The summed E-state index contributed by atoms with van der Waals surface area (Å²) in [5.74, 6) is -0.423. The van der Waals surface area contributed by atoms with Crippen LogP contribution >= 0.6 is 0 Å². The second-order valence-corrected chi connectivity index (χ2v) is 3.16. The van der Waals surface area contributed by atoms with Crippen molar-refractivity contribution in [3.63, 3.8) is 0 Å². The molecular formula is C9H15NO5. The molecule has 0 spiro atoms. The SMILES string of the molecule is CCOC1C(CC(=O)OC)OC(=O)N1C. The van der Waals surface area contributed by atoms with Crippen molar-refractivity contribution < 1.29 is 23.8 Å². The number of likely N-dealkylation sites (N-methyl/N-ethyl adjacent to an activating group) is 1. The molecule has 1 heterocycles. The van der Waals surface area contributed by atoms with Crippen molar-refractivity contribution in [2.24, 2.45) is 0 Å². The van der Waals surface area contributed by atoms with E-state index in [4.69, 9.17) is 9.47 Å². The third-order valence-electron chi connectivity index (χ3n) is 2.17. The topological polar surface area (TPSA) is 65.1 Å². The fourth-order valence-electron chi connectivity index (χ4n) is 1.40. The van der Waals surface area contributed by atoms with Gasteiger partial charge in [0.25, 0.3) is 0 Å². The zero-order valence-corrected chi connectivity index (χ0v) is 9.06. The molecule has 0 radical (unpaired) electrons. The maximum atomic E-state index is 11.2. The van der Waals surface area contributed by atoms with E-state index < -0.39 is 24.4 Å². The lowest BCUT2D eigenvalue weighted by atomic mass is 10.2. The summed E-state index contributed by atoms with van der Waals surface area (Å²) in [6.45, 7) is 2.26. The van der Waals surface area contributed by atoms with Crippen LogP contribution in [0.15, 0.2) is 0 Å². The largest absolute Gasteiger partial charge is 0.469 e. The van der Waals surface area contributed by atoms with E-state index in [2.05, 4.69) is 4.74 Å². The molecule has 1 aliphatic heterocycles. The molecule has 0 aromatic rings. The van der Waals surface area contributed by atoms with Crippen molar-refractivity contribution in [2.75, 3.05) is 20.8 Å². The Morgan fingerprint density at radius 3 is 2.80 bits per heavy atom. The van der Waals surface area contributed by atoms with Crippen molar-refractivity contribution in [1.29, 1.82) is 0 Å². The van der Waals surface area contributed by atoms with E-state index in [-0.39, 0.29) is 6.42 Å². The Bertz CT molecular complexity index is 255. The number of rotatable bonds is 4. The predicted octanol–water partition coefficient (Wildman–Crippen LogP) is 0.363. The Morgan fingerprint density at radius 2 is 2.27 bits per heavy atom. The number of methoxy groups -OCH3 is 1. The number of hydrogen-bond acceptors (Lipinski definition) is 5. The minimum atomic E-state index is -0.588. The number of cyclic esters (lactones) is 1. The molecule has 0 N–H and O–H groups in total. The van der Waals surface area contributed by atoms with Gasteiger partial charge >= 0.3 is 12.1 Å². The van der Waals surface area contributed by atoms with Gasteiger partial charge in [-0.15, -0.1) is 0 Å². The van der Waals surface area contributed by atoms with Crippen LogP contribution in [0, 0.1) is 0 Å². The zero-order valence-electron chi connectivity index (χ0n) is 9.06. The van der Waals surface area contributed by atoms with Crippen LogP contribution < -0.4 is 0 Å². The Labute approximate surface area is 88.1 Å². The highest BCUT2D eigenvalue weighted by atomic mass is 16.6. The molecule has 0 bridgehead atoms. The number of hydrogen-bond donors (Lipinski definition) is 0. The molecule has 1 aliphatic rings. The molecule has 0 aromatic carbocycles. The number of ether oxygens (including phenoxy) is 3. The summed E-state index contributed by atoms with van der Waals surface area (Å²) in [5.41, 5.74) is 0. The highest BCUT2D eigenvalue weighted by molar-refractivity contribution is 5.74. The van der Waals surface area contributed by atoms with E-state index >= 15 is 0 Å². The Hall–Kier alpha value is -1.30. The van der Waals surface area contributed by atoms with Crippen LogP contribution in [0.25, 0.3) is 0 Å². The number of esters is 1. The molecule has 2 unspecified atom stereocenters. The molecule has 1 fully saturated rings. The number of carbonyl (C=O) groups excluding carboxylic acids is 2. The van der Waals surface area contributed by atoms with Crippen LogP contribution in [0.3, 0.4) is 0 Å². The van der Waals surface area contributed by atoms with Gasteiger partial charge in [0.1, 0.15) is 0 Å². The normalized spacial score (nSPS) is 25.3. The fourth-order valence-corrected chi connectivity index (χ4v) is 1.40. The van der Waals surface area contributed by atoms with Crippen LogP contribution in [0.2, 0.25) is 0 Å². The van der Waals surface area contributed by atoms with Crippen molar-refractivity contribution in [2.45, 2.75) is 25.7 Å². The second-order valence-electron chi connectivity index (χ2n) is 3.16. The Morgan fingerprint density at radius 1 is 1.60 bits per heavy atom. The van der Waals surface area contributed by atoms with Gasteiger partial charge in [-0.1, -0.05) is 0 Å². The summed E-state index contributed by atoms with van der Waals surface area (Å²) in [6, 6.07) is 0. The van der Waals surface area contributed by atoms with Crippen LogP contribution in [-0.4, -0.2) is 50.1 Å². The van der Waals surface area contributed by atoms with Gasteiger partial charge in [-0.3, -0.25) is 9.69 Å². The summed E-state index contributed by atoms with van der Waals surface area (Å²) in [4.78, 5) is 23.6. The predicted molar refractivity (Wildman–Crippen MR) is 50.1 cm³/mol. The van der Waals surface area contributed by atoms with Crippen LogP contribution in [0.1, 0.15) is 13.3 Å². The molecule has 0 aliphatic carbocycles. The molecule has 2 atom stereocenters. The lowest BCUT2D eigenvalue weighted by molar-refractivity contribution is -0.145. The number of carbonyl (C=O) groups is 2. The van der Waals surface area contributed by atoms with Crippen molar-refractivity contribution in [3.05, 3.63) is 0 Å². The highest BCUT2D eigenvalue weighted by Crippen LogP contribution is 2.21. The maximum absolute atomic E-state index is 11.2. The van der Waals surface area contributed by atoms with E-state index in [9.17, 15) is 9.59 Å². The molecule has 15 heavy (non-hydrogen) atoms. The second kappa shape index (κ2) is 4.97. The van der Waals surface area contributed by atoms with Gasteiger partial charge in [0.2, 0.25) is 0 Å². The number of nitrogens with zero attached hydrogens (tertiary/aromatic N) is 1. The molecule has 86 valence electrons. The first-order valence-corrected chi connectivity index (χ1v) is 4.72. The van der Waals surface area contributed by atoms with E-state index in [1.807, 2.05) is 6.92 Å². The van der Waals surface area contributed by atoms with Crippen molar-refractivity contribution >= 4 is 12.1 Å². The monoisotopic (exact) mass is 217 g/mol. The van der Waals surface area contributed by atoms with Crippen molar-refractivity contribution in [3.8, 4) is 0 Å². The van der Waals surface area contributed by atoms with Crippen LogP contribution in [0.4, 0.5) is 4.79 Å². The average Bonchev–Trinajstić information content (AvgIpc) is 2.46. The molecule has 6 nitrogen and oxygen atoms in total. The zero-order chi connectivity index (χ0) is 11.4. The molecule has 1 amide bonds. The van der Waals surface area contributed by atoms with Gasteiger partial charge in [0, 0.05) is 13.7 Å². The first-order chi connectivity index (χ1) is 7.10. The fraction of sp³-hybridized carbons (Fsp3) is 0.778. The summed E-state index contributed by atoms with van der Waals surface area (Å²) in [7, 11) is 2.86. The lowest BCUT2D eigenvalue weighted by Crippen LogP contribution is -2.37. The van der Waals surface area contributed by atoms with Gasteiger partial charge in [-0.2, -0.15) is 0 Å². The summed E-state index contributed by atoms with van der Waals surface area (Å²) < 4.78 is 14.8. The number of amides is 1. The average molecular weight is 217 g/mol.